The Kier molecular flexibility index (Phi) is 30.0. The first kappa shape index (κ1) is 46.9. The van der Waals surface area contributed by atoms with Gasteiger partial charge in [-0.25, -0.2) is 4.79 Å². The first-order valence-electron chi connectivity index (χ1n) is 20.1. The van der Waals surface area contributed by atoms with E-state index in [4.69, 9.17) is 18.9 Å². The molecule has 4 N–H and O–H groups in total. The van der Waals surface area contributed by atoms with Gasteiger partial charge in [0.05, 0.1) is 13.2 Å². The number of esters is 2. The monoisotopic (exact) mass is 725 g/mol. The minimum atomic E-state index is -1.61. The number of hydrogen-bond acceptors (Lipinski definition) is 10. The van der Waals surface area contributed by atoms with Crippen LogP contribution in [0.15, 0.2) is 36.5 Å². The number of hydrogen-bond donors (Lipinski definition) is 4. The largest absolute Gasteiger partial charge is 0.462 e. The summed E-state index contributed by atoms with van der Waals surface area (Å²) in [7, 11) is 0. The zero-order valence-electron chi connectivity index (χ0n) is 31.8. The highest BCUT2D eigenvalue weighted by molar-refractivity contribution is 5.82. The Labute approximate surface area is 308 Å². The van der Waals surface area contributed by atoms with E-state index in [0.717, 1.165) is 51.4 Å². The van der Waals surface area contributed by atoms with Crippen LogP contribution in [0, 0.1) is 0 Å². The standard InChI is InChI=1S/C41H72O10/c1-3-5-7-9-11-13-15-16-17-18-20-22-24-26-28-30-37(44)50-34(33-49-41-40(47)39(46)38(45)35(31-42)51-41)32-48-36(43)29-27-25-23-21-19-14-12-10-8-6-4-2/h10,12,24,26,28,30,34-35,38-42,45-47H,3-9,11,13-23,25,27,29,31-33H2,1-2H3/b12-10+,26-24+,30-28+/t34-,35-,38+,39?,40?,41-/m1/s1. The first-order valence-corrected chi connectivity index (χ1v) is 20.1. The molecule has 0 radical (unpaired) electrons. The van der Waals surface area contributed by atoms with E-state index in [1.54, 1.807) is 12.2 Å². The number of unbranched alkanes of at least 4 members (excludes halogenated alkanes) is 18. The van der Waals surface area contributed by atoms with Crippen molar-refractivity contribution in [1.82, 2.24) is 0 Å². The van der Waals surface area contributed by atoms with Gasteiger partial charge in [0.2, 0.25) is 0 Å². The Morgan fingerprint density at radius 2 is 1.20 bits per heavy atom. The van der Waals surface area contributed by atoms with Crippen LogP contribution >= 0.6 is 0 Å². The molecule has 1 fully saturated rings. The summed E-state index contributed by atoms with van der Waals surface area (Å²) in [5.74, 6) is -1.07. The third kappa shape index (κ3) is 24.7. The van der Waals surface area contributed by atoms with Gasteiger partial charge >= 0.3 is 11.9 Å². The summed E-state index contributed by atoms with van der Waals surface area (Å²) in [4.78, 5) is 25.0. The van der Waals surface area contributed by atoms with Crippen molar-refractivity contribution >= 4 is 11.9 Å². The van der Waals surface area contributed by atoms with Gasteiger partial charge in [-0.05, 0) is 38.5 Å². The molecule has 10 nitrogen and oxygen atoms in total. The predicted octanol–water partition coefficient (Wildman–Crippen LogP) is 7.55. The van der Waals surface area contributed by atoms with Crippen LogP contribution in [0.3, 0.4) is 0 Å². The topological polar surface area (TPSA) is 152 Å². The Hall–Kier alpha value is -2.08. The number of allylic oxidation sites excluding steroid dienone is 5. The molecule has 0 aromatic carbocycles. The minimum Gasteiger partial charge on any atom is -0.462 e. The summed E-state index contributed by atoms with van der Waals surface area (Å²) in [5.41, 5.74) is 0. The molecule has 10 heteroatoms. The van der Waals surface area contributed by atoms with Gasteiger partial charge in [0.1, 0.15) is 31.0 Å². The van der Waals surface area contributed by atoms with Crippen LogP contribution in [0.5, 0.6) is 0 Å². The van der Waals surface area contributed by atoms with Gasteiger partial charge in [0.15, 0.2) is 12.4 Å². The van der Waals surface area contributed by atoms with E-state index in [0.29, 0.717) is 6.42 Å². The second-order valence-electron chi connectivity index (χ2n) is 13.8. The van der Waals surface area contributed by atoms with Crippen molar-refractivity contribution in [2.45, 2.75) is 192 Å². The van der Waals surface area contributed by atoms with Crippen molar-refractivity contribution in [3.63, 3.8) is 0 Å². The number of carbonyl (C=O) groups excluding carboxylic acids is 2. The van der Waals surface area contributed by atoms with Crippen molar-refractivity contribution in [2.75, 3.05) is 19.8 Å². The molecule has 0 aliphatic carbocycles. The molecule has 1 rings (SSSR count). The Morgan fingerprint density at radius 1 is 0.647 bits per heavy atom. The Bertz CT molecular complexity index is 933. The van der Waals surface area contributed by atoms with Crippen LogP contribution in [0.2, 0.25) is 0 Å². The summed E-state index contributed by atoms with van der Waals surface area (Å²) in [5, 5.41) is 39.9. The smallest absolute Gasteiger partial charge is 0.331 e. The lowest BCUT2D eigenvalue weighted by Gasteiger charge is -2.39. The third-order valence-corrected chi connectivity index (χ3v) is 9.10. The first-order chi connectivity index (χ1) is 24.8. The molecule has 1 saturated heterocycles. The molecule has 1 aliphatic rings. The SMILES string of the molecule is CCCC/C=C/CCCCCCCC(=O)OC[C@H](CO[C@@H]1O[C@H](CO)[C@H](O)C(O)C1O)OC(=O)/C=C/C=C/CCCCCCCCCCCCC. The van der Waals surface area contributed by atoms with Crippen LogP contribution < -0.4 is 0 Å². The van der Waals surface area contributed by atoms with Gasteiger partial charge in [0.25, 0.3) is 0 Å². The molecular weight excluding hydrogens is 652 g/mol. The van der Waals surface area contributed by atoms with Crippen molar-refractivity contribution < 1.29 is 49.0 Å². The maximum atomic E-state index is 12.6. The third-order valence-electron chi connectivity index (χ3n) is 9.10. The van der Waals surface area contributed by atoms with Gasteiger partial charge in [-0.3, -0.25) is 4.79 Å². The molecule has 2 unspecified atom stereocenters. The number of aliphatic hydroxyl groups excluding tert-OH is 4. The van der Waals surface area contributed by atoms with Gasteiger partial charge in [0, 0.05) is 12.5 Å². The summed E-state index contributed by atoms with van der Waals surface area (Å²) in [6, 6.07) is 0. The molecule has 0 aromatic rings. The molecule has 1 aliphatic heterocycles. The van der Waals surface area contributed by atoms with E-state index in [1.807, 2.05) is 6.08 Å². The van der Waals surface area contributed by atoms with Gasteiger partial charge in [-0.1, -0.05) is 141 Å². The lowest BCUT2D eigenvalue weighted by atomic mass is 9.99. The molecule has 0 amide bonds. The summed E-state index contributed by atoms with van der Waals surface area (Å²) in [6.07, 6.45) is 27.9. The molecule has 0 bridgehead atoms. The fraction of sp³-hybridized carbons (Fsp3) is 0.805. The lowest BCUT2D eigenvalue weighted by Crippen LogP contribution is -2.59. The number of ether oxygens (including phenoxy) is 4. The summed E-state index contributed by atoms with van der Waals surface area (Å²) < 4.78 is 21.9. The second-order valence-corrected chi connectivity index (χ2v) is 13.8. The minimum absolute atomic E-state index is 0.245. The highest BCUT2D eigenvalue weighted by Gasteiger charge is 2.44. The van der Waals surface area contributed by atoms with E-state index in [2.05, 4.69) is 26.0 Å². The van der Waals surface area contributed by atoms with Crippen LogP contribution in [-0.4, -0.2) is 89.0 Å². The quantitative estimate of drug-likeness (QED) is 0.0180. The normalized spacial score (nSPS) is 21.6. The molecule has 1 heterocycles. The predicted molar refractivity (Wildman–Crippen MR) is 201 cm³/mol. The highest BCUT2D eigenvalue weighted by atomic mass is 16.7. The second kappa shape index (κ2) is 32.6. The van der Waals surface area contributed by atoms with E-state index in [9.17, 15) is 30.0 Å². The van der Waals surface area contributed by atoms with Gasteiger partial charge in [-0.2, -0.15) is 0 Å². The van der Waals surface area contributed by atoms with Crippen LogP contribution in [0.4, 0.5) is 0 Å². The Balaban J connectivity index is 2.45. The molecule has 296 valence electrons. The number of aliphatic hydroxyl groups is 4. The van der Waals surface area contributed by atoms with Gasteiger partial charge in [-0.15, -0.1) is 0 Å². The molecule has 0 spiro atoms. The molecule has 6 atom stereocenters. The molecule has 51 heavy (non-hydrogen) atoms. The summed E-state index contributed by atoms with van der Waals surface area (Å²) in [6.45, 7) is 3.24. The maximum absolute atomic E-state index is 12.6. The van der Waals surface area contributed by atoms with Crippen LogP contribution in [0.1, 0.15) is 155 Å². The van der Waals surface area contributed by atoms with E-state index < -0.39 is 55.4 Å². The molecule has 0 aromatic heterocycles. The average Bonchev–Trinajstić information content (AvgIpc) is 3.13. The highest BCUT2D eigenvalue weighted by Crippen LogP contribution is 2.22. The Morgan fingerprint density at radius 3 is 1.80 bits per heavy atom. The molecule has 0 saturated carbocycles. The van der Waals surface area contributed by atoms with Crippen LogP contribution in [0.25, 0.3) is 0 Å². The number of rotatable bonds is 32. The fourth-order valence-corrected chi connectivity index (χ4v) is 5.84. The van der Waals surface area contributed by atoms with Crippen molar-refractivity contribution in [3.05, 3.63) is 36.5 Å². The van der Waals surface area contributed by atoms with Crippen molar-refractivity contribution in [2.24, 2.45) is 0 Å². The maximum Gasteiger partial charge on any atom is 0.331 e. The zero-order valence-corrected chi connectivity index (χ0v) is 31.8. The number of carbonyl (C=O) groups is 2. The average molecular weight is 725 g/mol. The van der Waals surface area contributed by atoms with E-state index in [-0.39, 0.29) is 19.6 Å². The lowest BCUT2D eigenvalue weighted by molar-refractivity contribution is -0.305. The van der Waals surface area contributed by atoms with E-state index >= 15 is 0 Å². The zero-order chi connectivity index (χ0) is 37.4. The fourth-order valence-electron chi connectivity index (χ4n) is 5.84. The van der Waals surface area contributed by atoms with Crippen molar-refractivity contribution in [3.8, 4) is 0 Å². The molecular formula is C41H72O10. The van der Waals surface area contributed by atoms with Crippen LogP contribution in [-0.2, 0) is 28.5 Å². The van der Waals surface area contributed by atoms with E-state index in [1.165, 1.54) is 83.1 Å². The van der Waals surface area contributed by atoms with Crippen molar-refractivity contribution in [1.29, 1.82) is 0 Å². The summed E-state index contributed by atoms with van der Waals surface area (Å²) >= 11 is 0. The van der Waals surface area contributed by atoms with Gasteiger partial charge < -0.3 is 39.4 Å².